The lowest BCUT2D eigenvalue weighted by atomic mass is 10.1. The number of hydrogen-bond donors (Lipinski definition) is 4. The van der Waals surface area contributed by atoms with Gasteiger partial charge in [0.1, 0.15) is 10.7 Å². The fraction of sp³-hybridized carbons (Fsp3) is 0.240. The van der Waals surface area contributed by atoms with Crippen molar-refractivity contribution in [2.45, 2.75) is 25.4 Å². The molecule has 0 bridgehead atoms. The number of carbonyl (C=O) groups excluding carboxylic acids is 2. The molecule has 1 saturated heterocycles. The van der Waals surface area contributed by atoms with Crippen LogP contribution in [0.25, 0.3) is 21.1 Å². The van der Waals surface area contributed by atoms with Gasteiger partial charge in [-0.1, -0.05) is 24.3 Å². The molecular formula is C25H25N7O2S2. The van der Waals surface area contributed by atoms with Gasteiger partial charge in [-0.05, 0) is 42.5 Å². The summed E-state index contributed by atoms with van der Waals surface area (Å²) in [5, 5.41) is 13.8. The van der Waals surface area contributed by atoms with Crippen LogP contribution in [0.3, 0.4) is 0 Å². The molecule has 0 spiro atoms. The second kappa shape index (κ2) is 10.9. The predicted molar refractivity (Wildman–Crippen MR) is 142 cm³/mol. The van der Waals surface area contributed by atoms with Crippen molar-refractivity contribution in [2.24, 2.45) is 0 Å². The molecule has 5 rings (SSSR count). The smallest absolute Gasteiger partial charge is 0.274 e. The Bertz CT molecular complexity index is 1360. The van der Waals surface area contributed by atoms with Crippen molar-refractivity contribution in [3.63, 3.8) is 0 Å². The van der Waals surface area contributed by atoms with Crippen molar-refractivity contribution in [3.05, 3.63) is 70.3 Å². The number of nitrogens with zero attached hydrogens (tertiary/aromatic N) is 3. The maximum Gasteiger partial charge on any atom is 0.274 e. The third-order valence-corrected chi connectivity index (χ3v) is 7.67. The van der Waals surface area contributed by atoms with E-state index in [1.54, 1.807) is 22.9 Å². The molecule has 36 heavy (non-hydrogen) atoms. The van der Waals surface area contributed by atoms with Crippen molar-refractivity contribution in [2.75, 3.05) is 18.8 Å². The van der Waals surface area contributed by atoms with E-state index < -0.39 is 0 Å². The molecule has 11 heteroatoms. The summed E-state index contributed by atoms with van der Waals surface area (Å²) in [6.07, 6.45) is 3.47. The highest BCUT2D eigenvalue weighted by Crippen LogP contribution is 2.28. The molecule has 0 aliphatic carbocycles. The van der Waals surface area contributed by atoms with E-state index in [2.05, 4.69) is 30.9 Å². The third-order valence-electron chi connectivity index (χ3n) is 5.79. The van der Waals surface area contributed by atoms with Crippen LogP contribution >= 0.6 is 22.7 Å². The number of amides is 2. The number of benzene rings is 1. The van der Waals surface area contributed by atoms with E-state index in [1.807, 2.05) is 41.8 Å². The van der Waals surface area contributed by atoms with Gasteiger partial charge < -0.3 is 21.7 Å². The topological polar surface area (TPSA) is 135 Å². The monoisotopic (exact) mass is 519 g/mol. The number of carbonyl (C=O) groups is 2. The lowest BCUT2D eigenvalue weighted by molar-refractivity contribution is 0.0923. The van der Waals surface area contributed by atoms with Gasteiger partial charge in [-0.2, -0.15) is 0 Å². The Morgan fingerprint density at radius 1 is 1.14 bits per heavy atom. The molecule has 3 aromatic heterocycles. The highest BCUT2D eigenvalue weighted by molar-refractivity contribution is 7.20. The summed E-state index contributed by atoms with van der Waals surface area (Å²) >= 11 is 3.04. The number of nitrogen functional groups attached to an aromatic ring is 1. The summed E-state index contributed by atoms with van der Waals surface area (Å²) in [6.45, 7) is 2.01. The zero-order valence-corrected chi connectivity index (χ0v) is 21.0. The average molecular weight is 520 g/mol. The fourth-order valence-corrected chi connectivity index (χ4v) is 5.55. The number of thiazole rings is 1. The quantitative estimate of drug-likeness (QED) is 0.294. The molecule has 5 N–H and O–H groups in total. The SMILES string of the molecule is Nc1ncc(-c2cccc(CNC(=O)c3csc(-c4cccs4)n3)c2)nc1C(=O)NC1CCCNC1. The van der Waals surface area contributed by atoms with Crippen LogP contribution in [0.4, 0.5) is 5.82 Å². The van der Waals surface area contributed by atoms with Gasteiger partial charge in [-0.3, -0.25) is 9.59 Å². The zero-order valence-electron chi connectivity index (χ0n) is 19.4. The lowest BCUT2D eigenvalue weighted by Gasteiger charge is -2.23. The first-order chi connectivity index (χ1) is 17.6. The number of rotatable bonds is 7. The Hall–Kier alpha value is -3.67. The number of thiophene rings is 1. The Kier molecular flexibility index (Phi) is 7.31. The summed E-state index contributed by atoms with van der Waals surface area (Å²) in [6, 6.07) is 11.6. The first-order valence-electron chi connectivity index (χ1n) is 11.6. The molecule has 4 heterocycles. The largest absolute Gasteiger partial charge is 0.382 e. The second-order valence-corrected chi connectivity index (χ2v) is 10.2. The minimum atomic E-state index is -0.329. The molecule has 1 aliphatic heterocycles. The minimum absolute atomic E-state index is 0.0437. The van der Waals surface area contributed by atoms with E-state index in [4.69, 9.17) is 5.73 Å². The van der Waals surface area contributed by atoms with Gasteiger partial charge in [-0.25, -0.2) is 15.0 Å². The molecular weight excluding hydrogens is 494 g/mol. The first kappa shape index (κ1) is 24.0. The molecule has 0 radical (unpaired) electrons. The van der Waals surface area contributed by atoms with E-state index in [-0.39, 0.29) is 29.4 Å². The van der Waals surface area contributed by atoms with Crippen LogP contribution in [0.15, 0.2) is 53.4 Å². The van der Waals surface area contributed by atoms with Gasteiger partial charge in [0, 0.05) is 30.1 Å². The van der Waals surface area contributed by atoms with Gasteiger partial charge in [0.25, 0.3) is 11.8 Å². The standard InChI is InChI=1S/C25H25N7O2S2/c26-22-21(24(34)30-17-6-2-8-27-12-17)31-18(13-28-22)16-5-1-4-15(10-16)11-29-23(33)19-14-36-25(32-19)20-7-3-9-35-20/h1,3-5,7,9-10,13-14,17,27H,2,6,8,11-12H2,(H2,26,28)(H,29,33)(H,30,34). The number of nitrogens with two attached hydrogens (primary N) is 1. The number of anilines is 1. The van der Waals surface area contributed by atoms with Crippen molar-refractivity contribution in [1.29, 1.82) is 0 Å². The van der Waals surface area contributed by atoms with Crippen LogP contribution < -0.4 is 21.7 Å². The van der Waals surface area contributed by atoms with Crippen LogP contribution in [0.2, 0.25) is 0 Å². The highest BCUT2D eigenvalue weighted by atomic mass is 32.1. The predicted octanol–water partition coefficient (Wildman–Crippen LogP) is 3.32. The van der Waals surface area contributed by atoms with Crippen molar-refractivity contribution < 1.29 is 9.59 Å². The summed E-state index contributed by atoms with van der Waals surface area (Å²) < 4.78 is 0. The van der Waals surface area contributed by atoms with Crippen molar-refractivity contribution in [3.8, 4) is 21.1 Å². The molecule has 0 saturated carbocycles. The Labute approximate surface area is 216 Å². The second-order valence-electron chi connectivity index (χ2n) is 8.40. The Morgan fingerprint density at radius 3 is 2.86 bits per heavy atom. The average Bonchev–Trinajstić information content (AvgIpc) is 3.61. The van der Waals surface area contributed by atoms with Gasteiger partial charge in [0.05, 0.1) is 16.8 Å². The maximum atomic E-state index is 12.8. The van der Waals surface area contributed by atoms with E-state index >= 15 is 0 Å². The Morgan fingerprint density at radius 2 is 2.06 bits per heavy atom. The summed E-state index contributed by atoms with van der Waals surface area (Å²) in [7, 11) is 0. The molecule has 1 fully saturated rings. The molecule has 9 nitrogen and oxygen atoms in total. The van der Waals surface area contributed by atoms with Gasteiger partial charge in [-0.15, -0.1) is 22.7 Å². The lowest BCUT2D eigenvalue weighted by Crippen LogP contribution is -2.46. The molecule has 1 unspecified atom stereocenters. The molecule has 1 aliphatic rings. The number of hydrogen-bond acceptors (Lipinski definition) is 9. The van der Waals surface area contributed by atoms with Crippen LogP contribution in [0, 0.1) is 0 Å². The van der Waals surface area contributed by atoms with Gasteiger partial charge >= 0.3 is 0 Å². The molecule has 4 aromatic rings. The number of nitrogens with one attached hydrogen (secondary N) is 3. The van der Waals surface area contributed by atoms with Gasteiger partial charge in [0.15, 0.2) is 11.5 Å². The van der Waals surface area contributed by atoms with E-state index in [9.17, 15) is 9.59 Å². The number of aromatic nitrogens is 3. The molecule has 1 atom stereocenters. The van der Waals surface area contributed by atoms with Crippen LogP contribution in [0.5, 0.6) is 0 Å². The van der Waals surface area contributed by atoms with E-state index in [0.29, 0.717) is 17.9 Å². The van der Waals surface area contributed by atoms with Crippen LogP contribution in [-0.4, -0.2) is 45.9 Å². The highest BCUT2D eigenvalue weighted by Gasteiger charge is 2.20. The van der Waals surface area contributed by atoms with Crippen molar-refractivity contribution >= 4 is 40.3 Å². The minimum Gasteiger partial charge on any atom is -0.382 e. The number of piperidine rings is 1. The fourth-order valence-electron chi connectivity index (χ4n) is 3.94. The van der Waals surface area contributed by atoms with Crippen LogP contribution in [-0.2, 0) is 6.54 Å². The van der Waals surface area contributed by atoms with E-state index in [1.165, 1.54) is 11.3 Å². The molecule has 2 amide bonds. The summed E-state index contributed by atoms with van der Waals surface area (Å²) in [4.78, 5) is 39.6. The van der Waals surface area contributed by atoms with E-state index in [0.717, 1.165) is 46.9 Å². The first-order valence-corrected chi connectivity index (χ1v) is 13.3. The summed E-state index contributed by atoms with van der Waals surface area (Å²) in [5.41, 5.74) is 8.67. The summed E-state index contributed by atoms with van der Waals surface area (Å²) in [5.74, 6) is -0.472. The van der Waals surface area contributed by atoms with Crippen molar-refractivity contribution in [1.82, 2.24) is 30.9 Å². The maximum absolute atomic E-state index is 12.8. The zero-order chi connectivity index (χ0) is 24.9. The normalized spacial score (nSPS) is 15.4. The van der Waals surface area contributed by atoms with Gasteiger partial charge in [0.2, 0.25) is 0 Å². The third kappa shape index (κ3) is 5.59. The molecule has 184 valence electrons. The Balaban J connectivity index is 1.26. The van der Waals surface area contributed by atoms with Crippen LogP contribution in [0.1, 0.15) is 39.4 Å². The molecule has 1 aromatic carbocycles.